The summed E-state index contributed by atoms with van der Waals surface area (Å²) in [5.74, 6) is 0. The minimum Gasteiger partial charge on any atom is -0.255 e. The van der Waals surface area contributed by atoms with E-state index in [9.17, 15) is 4.21 Å². The van der Waals surface area contributed by atoms with Crippen molar-refractivity contribution in [3.05, 3.63) is 29.8 Å². The zero-order valence-electron chi connectivity index (χ0n) is 6.13. The molecule has 1 aromatic rings. The quantitative estimate of drug-likeness (QED) is 0.602. The average Bonchev–Trinajstić information content (AvgIpc) is 1.88. The topological polar surface area (TPSA) is 17.1 Å². The van der Waals surface area contributed by atoms with Crippen LogP contribution in [0.4, 0.5) is 0 Å². The van der Waals surface area contributed by atoms with Gasteiger partial charge in [0.15, 0.2) is 0 Å². The Hall–Kier alpha value is -0.630. The van der Waals surface area contributed by atoms with Gasteiger partial charge < -0.3 is 0 Å². The highest BCUT2D eigenvalue weighted by atomic mass is 32.2. The SMILES string of the molecule is Cc1cccc(S(C)=O)c1. The third kappa shape index (κ3) is 1.67. The van der Waals surface area contributed by atoms with Gasteiger partial charge in [-0.25, -0.2) is 0 Å². The number of aryl methyl sites for hydroxylation is 1. The van der Waals surface area contributed by atoms with Gasteiger partial charge in [-0.2, -0.15) is 0 Å². The van der Waals surface area contributed by atoms with E-state index in [0.29, 0.717) is 0 Å². The highest BCUT2D eigenvalue weighted by molar-refractivity contribution is 7.84. The normalized spacial score (nSPS) is 13.0. The fraction of sp³-hybridized carbons (Fsp3) is 0.250. The van der Waals surface area contributed by atoms with Gasteiger partial charge in [-0.15, -0.1) is 0 Å². The summed E-state index contributed by atoms with van der Waals surface area (Å²) in [6, 6.07) is 7.74. The van der Waals surface area contributed by atoms with Crippen LogP contribution in [0.25, 0.3) is 0 Å². The van der Waals surface area contributed by atoms with Crippen molar-refractivity contribution in [2.45, 2.75) is 11.8 Å². The Balaban J connectivity index is 3.07. The van der Waals surface area contributed by atoms with Crippen LogP contribution in [-0.2, 0) is 10.8 Å². The van der Waals surface area contributed by atoms with Crippen molar-refractivity contribution < 1.29 is 4.21 Å². The lowest BCUT2D eigenvalue weighted by Crippen LogP contribution is -1.86. The van der Waals surface area contributed by atoms with Gasteiger partial charge in [-0.05, 0) is 24.6 Å². The van der Waals surface area contributed by atoms with E-state index in [1.54, 1.807) is 6.26 Å². The van der Waals surface area contributed by atoms with Crippen molar-refractivity contribution in [1.29, 1.82) is 0 Å². The summed E-state index contributed by atoms with van der Waals surface area (Å²) in [5, 5.41) is 0. The summed E-state index contributed by atoms with van der Waals surface area (Å²) in [7, 11) is -0.839. The van der Waals surface area contributed by atoms with Crippen molar-refractivity contribution in [2.24, 2.45) is 0 Å². The molecule has 0 fully saturated rings. The van der Waals surface area contributed by atoms with Gasteiger partial charge in [0.2, 0.25) is 0 Å². The lowest BCUT2D eigenvalue weighted by atomic mass is 10.2. The molecule has 1 atom stereocenters. The van der Waals surface area contributed by atoms with Crippen LogP contribution in [0.2, 0.25) is 0 Å². The second kappa shape index (κ2) is 2.97. The van der Waals surface area contributed by atoms with E-state index in [1.165, 1.54) is 0 Å². The van der Waals surface area contributed by atoms with Crippen LogP contribution in [0.15, 0.2) is 29.2 Å². The van der Waals surface area contributed by atoms with E-state index in [0.717, 1.165) is 10.5 Å². The predicted octanol–water partition coefficient (Wildman–Crippen LogP) is 1.73. The molecular weight excluding hydrogens is 144 g/mol. The van der Waals surface area contributed by atoms with Crippen LogP contribution in [0.5, 0.6) is 0 Å². The monoisotopic (exact) mass is 154 g/mol. The summed E-state index contributed by atoms with van der Waals surface area (Å²) in [5.41, 5.74) is 1.16. The third-order valence-electron chi connectivity index (χ3n) is 1.32. The van der Waals surface area contributed by atoms with Crippen LogP contribution >= 0.6 is 0 Å². The molecule has 0 N–H and O–H groups in total. The largest absolute Gasteiger partial charge is 0.255 e. The lowest BCUT2D eigenvalue weighted by Gasteiger charge is -1.95. The molecular formula is C8H10OS. The highest BCUT2D eigenvalue weighted by Crippen LogP contribution is 2.06. The summed E-state index contributed by atoms with van der Waals surface area (Å²) in [6.07, 6.45) is 1.69. The van der Waals surface area contributed by atoms with Crippen LogP contribution in [0.3, 0.4) is 0 Å². The minimum atomic E-state index is -0.839. The van der Waals surface area contributed by atoms with Crippen molar-refractivity contribution in [3.8, 4) is 0 Å². The number of rotatable bonds is 1. The van der Waals surface area contributed by atoms with Crippen molar-refractivity contribution in [3.63, 3.8) is 0 Å². The third-order valence-corrected chi connectivity index (χ3v) is 2.24. The first-order valence-electron chi connectivity index (χ1n) is 3.10. The zero-order chi connectivity index (χ0) is 7.56. The molecule has 1 nitrogen and oxygen atoms in total. The lowest BCUT2D eigenvalue weighted by molar-refractivity contribution is 0.686. The fourth-order valence-electron chi connectivity index (χ4n) is 0.794. The van der Waals surface area contributed by atoms with Gasteiger partial charge in [0.05, 0.1) is 0 Å². The van der Waals surface area contributed by atoms with E-state index < -0.39 is 10.8 Å². The number of hydrogen-bond donors (Lipinski definition) is 0. The second-order valence-corrected chi connectivity index (χ2v) is 3.65. The molecule has 0 saturated carbocycles. The van der Waals surface area contributed by atoms with Gasteiger partial charge in [0.25, 0.3) is 0 Å². The van der Waals surface area contributed by atoms with E-state index in [4.69, 9.17) is 0 Å². The van der Waals surface area contributed by atoms with E-state index in [1.807, 2.05) is 31.2 Å². The molecule has 0 amide bonds. The molecule has 0 aliphatic heterocycles. The Morgan fingerprint density at radius 3 is 2.50 bits per heavy atom. The fourth-order valence-corrected chi connectivity index (χ4v) is 1.42. The van der Waals surface area contributed by atoms with Gasteiger partial charge >= 0.3 is 0 Å². The van der Waals surface area contributed by atoms with Crippen LogP contribution in [-0.4, -0.2) is 10.5 Å². The van der Waals surface area contributed by atoms with E-state index in [-0.39, 0.29) is 0 Å². The molecule has 0 spiro atoms. The van der Waals surface area contributed by atoms with E-state index in [2.05, 4.69) is 0 Å². The van der Waals surface area contributed by atoms with Crippen LogP contribution < -0.4 is 0 Å². The van der Waals surface area contributed by atoms with Gasteiger partial charge in [-0.1, -0.05) is 12.1 Å². The molecule has 2 heteroatoms. The molecule has 54 valence electrons. The predicted molar refractivity (Wildman–Crippen MR) is 43.5 cm³/mol. The summed E-state index contributed by atoms with van der Waals surface area (Å²) >= 11 is 0. The first kappa shape index (κ1) is 7.48. The smallest absolute Gasteiger partial charge is 0.0498 e. The van der Waals surface area contributed by atoms with Crippen LogP contribution in [0.1, 0.15) is 5.56 Å². The molecule has 0 aliphatic carbocycles. The Kier molecular flexibility index (Phi) is 2.22. The maximum absolute atomic E-state index is 10.9. The molecule has 0 aliphatic rings. The van der Waals surface area contributed by atoms with Crippen LogP contribution in [0, 0.1) is 6.92 Å². The maximum Gasteiger partial charge on any atom is 0.0498 e. The van der Waals surface area contributed by atoms with Crippen molar-refractivity contribution in [1.82, 2.24) is 0 Å². The summed E-state index contributed by atoms with van der Waals surface area (Å²) in [4.78, 5) is 0.903. The Labute approximate surface area is 63.5 Å². The summed E-state index contributed by atoms with van der Waals surface area (Å²) < 4.78 is 10.9. The molecule has 1 aromatic carbocycles. The zero-order valence-corrected chi connectivity index (χ0v) is 6.94. The molecule has 0 heterocycles. The molecule has 0 saturated heterocycles. The second-order valence-electron chi connectivity index (χ2n) is 2.27. The first-order valence-corrected chi connectivity index (χ1v) is 4.66. The number of benzene rings is 1. The van der Waals surface area contributed by atoms with Crippen molar-refractivity contribution in [2.75, 3.05) is 6.26 Å². The molecule has 10 heavy (non-hydrogen) atoms. The average molecular weight is 154 g/mol. The molecule has 0 aromatic heterocycles. The standard InChI is InChI=1S/C8H10OS/c1-7-4-3-5-8(6-7)10(2)9/h3-6H,1-2H3. The summed E-state index contributed by atoms with van der Waals surface area (Å²) in [6.45, 7) is 2.00. The molecule has 0 bridgehead atoms. The number of hydrogen-bond acceptors (Lipinski definition) is 1. The molecule has 1 unspecified atom stereocenters. The van der Waals surface area contributed by atoms with Gasteiger partial charge in [-0.3, -0.25) is 4.21 Å². The highest BCUT2D eigenvalue weighted by Gasteiger charge is 1.94. The van der Waals surface area contributed by atoms with Crippen molar-refractivity contribution >= 4 is 10.8 Å². The minimum absolute atomic E-state index is 0.839. The Morgan fingerprint density at radius 2 is 2.10 bits per heavy atom. The molecule has 1 rings (SSSR count). The van der Waals surface area contributed by atoms with Gasteiger partial charge in [0, 0.05) is 22.0 Å². The van der Waals surface area contributed by atoms with Gasteiger partial charge in [0.1, 0.15) is 0 Å². The molecule has 0 radical (unpaired) electrons. The Bertz CT molecular complexity index is 255. The maximum atomic E-state index is 10.9. The first-order chi connectivity index (χ1) is 4.70. The van der Waals surface area contributed by atoms with E-state index >= 15 is 0 Å². The Morgan fingerprint density at radius 1 is 1.40 bits per heavy atom.